The zero-order chi connectivity index (χ0) is 18.4. The van der Waals surface area contributed by atoms with Crippen LogP contribution in [0, 0.1) is 0 Å². The van der Waals surface area contributed by atoms with Gasteiger partial charge in [-0.25, -0.2) is 4.98 Å². The Morgan fingerprint density at radius 1 is 1.00 bits per heavy atom. The molecule has 0 spiro atoms. The number of nitrogens with one attached hydrogen (secondary N) is 2. The highest BCUT2D eigenvalue weighted by Gasteiger charge is 2.16. The molecule has 0 atom stereocenters. The molecule has 1 aliphatic heterocycles. The third-order valence-electron chi connectivity index (χ3n) is 5.30. The van der Waals surface area contributed by atoms with E-state index >= 15 is 0 Å². The summed E-state index contributed by atoms with van der Waals surface area (Å²) in [7, 11) is 2.19. The molecule has 2 aromatic carbocycles. The number of anilines is 1. The average Bonchev–Trinajstić information content (AvgIpc) is 3.20. The topological polar surface area (TPSA) is 63.8 Å². The van der Waals surface area contributed by atoms with Gasteiger partial charge in [-0.3, -0.25) is 5.10 Å². The molecule has 1 aliphatic rings. The first-order chi connectivity index (χ1) is 13.2. The number of rotatable bonds is 2. The fourth-order valence-corrected chi connectivity index (χ4v) is 3.95. The van der Waals surface area contributed by atoms with E-state index in [0.717, 1.165) is 59.6 Å². The van der Waals surface area contributed by atoms with Gasteiger partial charge >= 0.3 is 0 Å². The Balaban J connectivity index is 1.53. The van der Waals surface area contributed by atoms with Crippen molar-refractivity contribution >= 4 is 39.2 Å². The summed E-state index contributed by atoms with van der Waals surface area (Å²) in [6.07, 6.45) is 1.18. The normalized spacial score (nSPS) is 16.3. The molecule has 138 valence electrons. The monoisotopic (exact) mass is 380 g/mol. The minimum atomic E-state index is 0.690. The summed E-state index contributed by atoms with van der Waals surface area (Å²) >= 11 is 6.16. The van der Waals surface area contributed by atoms with Gasteiger partial charge in [0.25, 0.3) is 0 Å². The molecule has 1 fully saturated rings. The molecule has 0 bridgehead atoms. The van der Waals surface area contributed by atoms with Crippen LogP contribution in [0.5, 0.6) is 0 Å². The van der Waals surface area contributed by atoms with Crippen molar-refractivity contribution in [1.29, 1.82) is 0 Å². The second-order valence-electron chi connectivity index (χ2n) is 7.19. The van der Waals surface area contributed by atoms with Crippen molar-refractivity contribution in [2.24, 2.45) is 0 Å². The minimum absolute atomic E-state index is 0.690. The highest BCUT2D eigenvalue weighted by Crippen LogP contribution is 2.29. The van der Waals surface area contributed by atoms with Gasteiger partial charge in [0, 0.05) is 35.7 Å². The van der Waals surface area contributed by atoms with Crippen molar-refractivity contribution in [1.82, 2.24) is 25.1 Å². The predicted octanol–water partition coefficient (Wildman–Crippen LogP) is 3.90. The summed E-state index contributed by atoms with van der Waals surface area (Å²) in [6.45, 7) is 4.37. The Hall–Kier alpha value is -2.57. The number of nitrogens with zero attached hydrogens (tertiary/aromatic N) is 4. The zero-order valence-corrected chi connectivity index (χ0v) is 15.9. The molecule has 0 amide bonds. The van der Waals surface area contributed by atoms with Gasteiger partial charge in [0.1, 0.15) is 5.69 Å². The number of H-pyrrole nitrogens is 2. The second kappa shape index (κ2) is 6.55. The summed E-state index contributed by atoms with van der Waals surface area (Å²) in [5.74, 6) is 0.756. The Bertz CT molecular complexity index is 1110. The van der Waals surface area contributed by atoms with E-state index in [1.807, 2.05) is 18.2 Å². The van der Waals surface area contributed by atoms with Crippen molar-refractivity contribution in [3.63, 3.8) is 0 Å². The van der Waals surface area contributed by atoms with Crippen LogP contribution >= 0.6 is 11.6 Å². The van der Waals surface area contributed by atoms with Gasteiger partial charge in [-0.15, -0.1) is 0 Å². The largest absolute Gasteiger partial charge is 0.370 e. The lowest BCUT2D eigenvalue weighted by Gasteiger charge is -2.22. The number of aromatic nitrogens is 4. The third kappa shape index (κ3) is 3.05. The van der Waals surface area contributed by atoms with E-state index in [0.29, 0.717) is 5.02 Å². The Labute approximate surface area is 162 Å². The number of hydrogen-bond acceptors (Lipinski definition) is 4. The van der Waals surface area contributed by atoms with Crippen LogP contribution in [0.15, 0.2) is 36.4 Å². The number of aromatic amines is 2. The van der Waals surface area contributed by atoms with Crippen molar-refractivity contribution in [2.75, 3.05) is 38.1 Å². The quantitative estimate of drug-likeness (QED) is 0.553. The smallest absolute Gasteiger partial charge is 0.159 e. The first kappa shape index (κ1) is 16.6. The average molecular weight is 381 g/mol. The molecular formula is C20H21ClN6. The number of hydrogen-bond donors (Lipinski definition) is 2. The lowest BCUT2D eigenvalue weighted by Crippen LogP contribution is -2.28. The molecule has 2 aromatic heterocycles. The van der Waals surface area contributed by atoms with Gasteiger partial charge in [-0.1, -0.05) is 11.6 Å². The zero-order valence-electron chi connectivity index (χ0n) is 15.2. The fraction of sp³-hybridized carbons (Fsp3) is 0.300. The summed E-state index contributed by atoms with van der Waals surface area (Å²) in [4.78, 5) is 13.0. The maximum Gasteiger partial charge on any atom is 0.159 e. The molecule has 3 heterocycles. The molecule has 7 heteroatoms. The van der Waals surface area contributed by atoms with Gasteiger partial charge in [0.2, 0.25) is 0 Å². The van der Waals surface area contributed by atoms with E-state index in [1.54, 1.807) is 0 Å². The number of imidazole rings is 1. The summed E-state index contributed by atoms with van der Waals surface area (Å²) in [5.41, 5.74) is 4.95. The molecule has 5 rings (SSSR count). The van der Waals surface area contributed by atoms with Crippen molar-refractivity contribution in [3.8, 4) is 11.5 Å². The van der Waals surface area contributed by atoms with E-state index < -0.39 is 0 Å². The van der Waals surface area contributed by atoms with Crippen LogP contribution in [0.1, 0.15) is 6.42 Å². The van der Waals surface area contributed by atoms with Crippen LogP contribution in [0.3, 0.4) is 0 Å². The Morgan fingerprint density at radius 3 is 2.85 bits per heavy atom. The van der Waals surface area contributed by atoms with E-state index in [1.165, 1.54) is 12.1 Å². The van der Waals surface area contributed by atoms with E-state index in [-0.39, 0.29) is 0 Å². The lowest BCUT2D eigenvalue weighted by atomic mass is 10.2. The van der Waals surface area contributed by atoms with Crippen LogP contribution < -0.4 is 4.90 Å². The molecule has 6 nitrogen and oxygen atoms in total. The van der Waals surface area contributed by atoms with Gasteiger partial charge in [-0.05, 0) is 56.4 Å². The number of halogens is 1. The highest BCUT2D eigenvalue weighted by molar-refractivity contribution is 6.31. The van der Waals surface area contributed by atoms with Crippen LogP contribution in [0.25, 0.3) is 33.5 Å². The van der Waals surface area contributed by atoms with E-state index in [9.17, 15) is 0 Å². The maximum absolute atomic E-state index is 6.16. The first-order valence-electron chi connectivity index (χ1n) is 9.25. The van der Waals surface area contributed by atoms with Gasteiger partial charge in [-0.2, -0.15) is 5.10 Å². The molecule has 4 aromatic rings. The van der Waals surface area contributed by atoms with Crippen LogP contribution in [-0.2, 0) is 0 Å². The highest BCUT2D eigenvalue weighted by atomic mass is 35.5. The summed E-state index contributed by atoms with van der Waals surface area (Å²) < 4.78 is 0. The van der Waals surface area contributed by atoms with Crippen molar-refractivity contribution in [2.45, 2.75) is 6.42 Å². The van der Waals surface area contributed by atoms with E-state index in [2.05, 4.69) is 50.2 Å². The number of benzene rings is 2. The predicted molar refractivity (Wildman–Crippen MR) is 111 cm³/mol. The fourth-order valence-electron chi connectivity index (χ4n) is 3.78. The van der Waals surface area contributed by atoms with Crippen LogP contribution in [0.4, 0.5) is 5.69 Å². The summed E-state index contributed by atoms with van der Waals surface area (Å²) in [5, 5.41) is 9.15. The summed E-state index contributed by atoms with van der Waals surface area (Å²) in [6, 6.07) is 12.2. The second-order valence-corrected chi connectivity index (χ2v) is 7.63. The SMILES string of the molecule is CN1CCCN(c2ccc3nc(-c4n[nH]c5ccc(Cl)cc45)[nH]c3c2)CC1. The molecule has 1 saturated heterocycles. The standard InChI is InChI=1S/C20H21ClN6/c1-26-7-2-8-27(10-9-26)14-4-6-17-18(12-14)23-20(22-17)19-15-11-13(21)3-5-16(15)24-25-19/h3-6,11-12H,2,7-10H2,1H3,(H,22,23)(H,24,25). The molecule has 2 N–H and O–H groups in total. The van der Waals surface area contributed by atoms with Gasteiger partial charge in [0.15, 0.2) is 5.82 Å². The van der Waals surface area contributed by atoms with Crippen LogP contribution in [0.2, 0.25) is 5.02 Å². The van der Waals surface area contributed by atoms with E-state index in [4.69, 9.17) is 16.6 Å². The maximum atomic E-state index is 6.16. The molecule has 0 unspecified atom stereocenters. The van der Waals surface area contributed by atoms with Crippen LogP contribution in [-0.4, -0.2) is 58.3 Å². The molecule has 0 saturated carbocycles. The molecule has 27 heavy (non-hydrogen) atoms. The number of fused-ring (bicyclic) bond motifs is 2. The number of likely N-dealkylation sites (N-methyl/N-ethyl adjacent to an activating group) is 1. The van der Waals surface area contributed by atoms with Crippen molar-refractivity contribution in [3.05, 3.63) is 41.4 Å². The third-order valence-corrected chi connectivity index (χ3v) is 5.53. The van der Waals surface area contributed by atoms with Gasteiger partial charge < -0.3 is 14.8 Å². The lowest BCUT2D eigenvalue weighted by molar-refractivity contribution is 0.360. The first-order valence-corrected chi connectivity index (χ1v) is 9.62. The molecule has 0 radical (unpaired) electrons. The Kier molecular flexibility index (Phi) is 4.02. The molecule has 0 aliphatic carbocycles. The minimum Gasteiger partial charge on any atom is -0.370 e. The van der Waals surface area contributed by atoms with Crippen molar-refractivity contribution < 1.29 is 0 Å². The van der Waals surface area contributed by atoms with Gasteiger partial charge in [0.05, 0.1) is 16.6 Å². The molecular weight excluding hydrogens is 360 g/mol. The Morgan fingerprint density at radius 2 is 1.93 bits per heavy atom.